The van der Waals surface area contributed by atoms with Crippen molar-refractivity contribution in [1.82, 2.24) is 15.3 Å². The third-order valence-electron chi connectivity index (χ3n) is 3.39. The Morgan fingerprint density at radius 2 is 1.91 bits per heavy atom. The molecule has 0 spiro atoms. The van der Waals surface area contributed by atoms with Gasteiger partial charge in [-0.3, -0.25) is 14.8 Å². The molecule has 0 aliphatic rings. The van der Waals surface area contributed by atoms with Crippen molar-refractivity contribution in [3.8, 4) is 0 Å². The molecule has 0 aromatic carbocycles. The monoisotopic (exact) mass is 333 g/mol. The third kappa shape index (κ3) is 4.59. The van der Waals surface area contributed by atoms with E-state index < -0.39 is 9.84 Å². The number of nitrogens with zero attached hydrogens (tertiary/aromatic N) is 2. The quantitative estimate of drug-likeness (QED) is 0.875. The Kier molecular flexibility index (Phi) is 5.44. The first-order valence-electron chi connectivity index (χ1n) is 7.27. The molecule has 0 aliphatic heterocycles. The van der Waals surface area contributed by atoms with E-state index in [0.717, 1.165) is 12.7 Å². The van der Waals surface area contributed by atoms with Crippen molar-refractivity contribution < 1.29 is 13.2 Å². The lowest BCUT2D eigenvalue weighted by molar-refractivity contribution is 0.0934. The number of rotatable bonds is 6. The highest BCUT2D eigenvalue weighted by atomic mass is 32.2. The molecule has 0 radical (unpaired) electrons. The second kappa shape index (κ2) is 7.32. The van der Waals surface area contributed by atoms with E-state index in [-0.39, 0.29) is 16.8 Å². The number of nitrogens with one attached hydrogen (secondary N) is 1. The van der Waals surface area contributed by atoms with Crippen LogP contribution in [0.4, 0.5) is 0 Å². The number of carbonyl (C=O) groups excluding carboxylic acids is 1. The molecule has 2 aromatic heterocycles. The summed E-state index contributed by atoms with van der Waals surface area (Å²) in [6.07, 6.45) is 8.66. The van der Waals surface area contributed by atoms with Crippen LogP contribution in [0.3, 0.4) is 0 Å². The van der Waals surface area contributed by atoms with Gasteiger partial charge in [-0.05, 0) is 30.2 Å². The van der Waals surface area contributed by atoms with Gasteiger partial charge >= 0.3 is 0 Å². The van der Waals surface area contributed by atoms with Crippen LogP contribution >= 0.6 is 0 Å². The number of pyridine rings is 2. The zero-order chi connectivity index (χ0) is 16.9. The van der Waals surface area contributed by atoms with E-state index >= 15 is 0 Å². The predicted octanol–water partition coefficient (Wildman–Crippen LogP) is 2.15. The molecule has 122 valence electrons. The zero-order valence-corrected chi connectivity index (χ0v) is 13.9. The SMILES string of the molecule is CCCC(NC(=O)c1ccncc1)c1cncc(S(C)(=O)=O)c1. The standard InChI is InChI=1S/C16H19N3O3S/c1-3-4-15(19-16(20)12-5-7-17-8-6-12)13-9-14(11-18-10-13)23(2,21)22/h5-11,15H,3-4H2,1-2H3,(H,19,20). The van der Waals surface area contributed by atoms with Crippen LogP contribution in [0.2, 0.25) is 0 Å². The number of hydrogen-bond donors (Lipinski definition) is 1. The summed E-state index contributed by atoms with van der Waals surface area (Å²) >= 11 is 0. The molecule has 1 unspecified atom stereocenters. The van der Waals surface area contributed by atoms with Crippen LogP contribution in [-0.2, 0) is 9.84 Å². The van der Waals surface area contributed by atoms with Crippen molar-refractivity contribution in [2.75, 3.05) is 6.26 Å². The first-order valence-corrected chi connectivity index (χ1v) is 9.17. The molecule has 0 saturated heterocycles. The Morgan fingerprint density at radius 3 is 2.52 bits per heavy atom. The molecular weight excluding hydrogens is 314 g/mol. The van der Waals surface area contributed by atoms with Gasteiger partial charge in [0.25, 0.3) is 5.91 Å². The molecule has 2 heterocycles. The molecule has 6 nitrogen and oxygen atoms in total. The van der Waals surface area contributed by atoms with E-state index in [1.807, 2.05) is 6.92 Å². The summed E-state index contributed by atoms with van der Waals surface area (Å²) in [6, 6.07) is 4.53. The fraction of sp³-hybridized carbons (Fsp3) is 0.312. The Morgan fingerprint density at radius 1 is 1.22 bits per heavy atom. The largest absolute Gasteiger partial charge is 0.345 e. The fourth-order valence-corrected chi connectivity index (χ4v) is 2.79. The number of carbonyl (C=O) groups is 1. The number of aromatic nitrogens is 2. The van der Waals surface area contributed by atoms with E-state index in [1.165, 1.54) is 6.20 Å². The van der Waals surface area contributed by atoms with Crippen molar-refractivity contribution in [3.05, 3.63) is 54.1 Å². The van der Waals surface area contributed by atoms with Gasteiger partial charge in [-0.25, -0.2) is 8.42 Å². The minimum Gasteiger partial charge on any atom is -0.345 e. The second-order valence-electron chi connectivity index (χ2n) is 5.28. The van der Waals surface area contributed by atoms with Gasteiger partial charge in [-0.1, -0.05) is 13.3 Å². The van der Waals surface area contributed by atoms with Gasteiger partial charge in [0.2, 0.25) is 0 Å². The smallest absolute Gasteiger partial charge is 0.251 e. The minimum atomic E-state index is -3.34. The molecular formula is C16H19N3O3S. The maximum Gasteiger partial charge on any atom is 0.251 e. The highest BCUT2D eigenvalue weighted by Gasteiger charge is 2.17. The van der Waals surface area contributed by atoms with Crippen molar-refractivity contribution >= 4 is 15.7 Å². The molecule has 7 heteroatoms. The first-order chi connectivity index (χ1) is 10.9. The Bertz CT molecular complexity index is 776. The number of amides is 1. The maximum absolute atomic E-state index is 12.3. The summed E-state index contributed by atoms with van der Waals surface area (Å²) in [5, 5.41) is 2.93. The van der Waals surface area contributed by atoms with Gasteiger partial charge in [0.05, 0.1) is 10.9 Å². The summed E-state index contributed by atoms with van der Waals surface area (Å²) in [4.78, 5) is 20.3. The lowest BCUT2D eigenvalue weighted by Gasteiger charge is -2.19. The zero-order valence-electron chi connectivity index (χ0n) is 13.1. The van der Waals surface area contributed by atoms with Crippen molar-refractivity contribution in [1.29, 1.82) is 0 Å². The second-order valence-corrected chi connectivity index (χ2v) is 7.29. The van der Waals surface area contributed by atoms with Gasteiger partial charge in [-0.2, -0.15) is 0 Å². The van der Waals surface area contributed by atoms with E-state index in [0.29, 0.717) is 17.5 Å². The van der Waals surface area contributed by atoms with Crippen LogP contribution in [0.1, 0.15) is 41.7 Å². The van der Waals surface area contributed by atoms with Crippen LogP contribution in [0, 0.1) is 0 Å². The van der Waals surface area contributed by atoms with Crippen LogP contribution in [-0.4, -0.2) is 30.5 Å². The van der Waals surface area contributed by atoms with Crippen LogP contribution in [0.5, 0.6) is 0 Å². The van der Waals surface area contributed by atoms with Gasteiger partial charge in [0.1, 0.15) is 0 Å². The molecule has 0 bridgehead atoms. The van der Waals surface area contributed by atoms with Gasteiger partial charge < -0.3 is 5.32 Å². The summed E-state index contributed by atoms with van der Waals surface area (Å²) in [6.45, 7) is 2.00. The average molecular weight is 333 g/mol. The summed E-state index contributed by atoms with van der Waals surface area (Å²) in [7, 11) is -3.34. The summed E-state index contributed by atoms with van der Waals surface area (Å²) < 4.78 is 23.3. The maximum atomic E-state index is 12.3. The Balaban J connectivity index is 2.27. The fourth-order valence-electron chi connectivity index (χ4n) is 2.18. The number of hydrogen-bond acceptors (Lipinski definition) is 5. The van der Waals surface area contributed by atoms with Gasteiger partial charge in [0, 0.05) is 36.6 Å². The summed E-state index contributed by atoms with van der Waals surface area (Å²) in [5.74, 6) is -0.226. The molecule has 0 saturated carbocycles. The normalized spacial score (nSPS) is 12.6. The topological polar surface area (TPSA) is 89.0 Å². The van der Waals surface area contributed by atoms with E-state index in [2.05, 4.69) is 15.3 Å². The molecule has 2 rings (SSSR count). The predicted molar refractivity (Wildman–Crippen MR) is 86.7 cm³/mol. The van der Waals surface area contributed by atoms with Crippen LogP contribution < -0.4 is 5.32 Å². The molecule has 0 aliphatic carbocycles. The Labute approximate surface area is 135 Å². The van der Waals surface area contributed by atoms with Gasteiger partial charge in [-0.15, -0.1) is 0 Å². The number of sulfone groups is 1. The van der Waals surface area contributed by atoms with E-state index in [4.69, 9.17) is 0 Å². The van der Waals surface area contributed by atoms with Crippen molar-refractivity contribution in [2.24, 2.45) is 0 Å². The molecule has 2 aromatic rings. The molecule has 1 amide bonds. The van der Waals surface area contributed by atoms with Crippen LogP contribution in [0.15, 0.2) is 47.9 Å². The lowest BCUT2D eigenvalue weighted by atomic mass is 10.0. The molecule has 1 atom stereocenters. The van der Waals surface area contributed by atoms with Gasteiger partial charge in [0.15, 0.2) is 9.84 Å². The third-order valence-corrected chi connectivity index (χ3v) is 4.47. The first kappa shape index (κ1) is 17.1. The highest BCUT2D eigenvalue weighted by Crippen LogP contribution is 2.21. The van der Waals surface area contributed by atoms with Crippen molar-refractivity contribution in [2.45, 2.75) is 30.7 Å². The van der Waals surface area contributed by atoms with E-state index in [1.54, 1.807) is 36.8 Å². The van der Waals surface area contributed by atoms with Crippen molar-refractivity contribution in [3.63, 3.8) is 0 Å². The average Bonchev–Trinajstić information content (AvgIpc) is 2.54. The van der Waals surface area contributed by atoms with E-state index in [9.17, 15) is 13.2 Å². The highest BCUT2D eigenvalue weighted by molar-refractivity contribution is 7.90. The molecule has 0 fully saturated rings. The molecule has 1 N–H and O–H groups in total. The summed E-state index contributed by atoms with van der Waals surface area (Å²) in [5.41, 5.74) is 1.19. The minimum absolute atomic E-state index is 0.147. The molecule has 23 heavy (non-hydrogen) atoms. The lowest BCUT2D eigenvalue weighted by Crippen LogP contribution is -2.28. The van der Waals surface area contributed by atoms with Crippen LogP contribution in [0.25, 0.3) is 0 Å². The Hall–Kier alpha value is -2.28.